The SMILES string of the molecule is COC(=O)N[C@H](NC(=O)N1CCC[C@H]1c1nc2ccc(-c3ccc4cc(-c5cnc([C@@H]6CCCN6C(=O)[C@@H](NC(=O)OC)[C@@H](C)O)[nH]5)ccc4c3)cc2[nH]1)[C@@H](C)O. The molecule has 0 aliphatic carbocycles. The third-order valence-corrected chi connectivity index (χ3v) is 10.7. The first kappa shape index (κ1) is 39.1. The van der Waals surface area contributed by atoms with Crippen LogP contribution in [-0.4, -0.2) is 116 Å². The number of ether oxygens (including phenoxy) is 2. The second-order valence-corrected chi connectivity index (χ2v) is 14.5. The molecular formula is C40H47N9O8. The van der Waals surface area contributed by atoms with E-state index in [0.717, 1.165) is 57.0 Å². The summed E-state index contributed by atoms with van der Waals surface area (Å²) in [6.45, 7) is 3.88. The van der Waals surface area contributed by atoms with Crippen molar-refractivity contribution in [2.45, 2.75) is 76.0 Å². The summed E-state index contributed by atoms with van der Waals surface area (Å²) in [6, 6.07) is 16.2. The molecule has 2 aliphatic heterocycles. The van der Waals surface area contributed by atoms with Gasteiger partial charge in [-0.2, -0.15) is 0 Å². The van der Waals surface area contributed by atoms with Crippen LogP contribution in [0.1, 0.15) is 63.3 Å². The highest BCUT2D eigenvalue weighted by Gasteiger charge is 2.38. The number of hydrogen-bond donors (Lipinski definition) is 7. The van der Waals surface area contributed by atoms with Gasteiger partial charge in [0.1, 0.15) is 23.9 Å². The quantitative estimate of drug-likeness (QED) is 0.0986. The standard InChI is InChI=1S/C40H47N9O8/c1-21(50)33(45-39(54)56-3)37(52)48-15-5-7-31(48)35-41-20-30(44-35)27-12-11-23-17-24(9-10-25(23)18-27)26-13-14-28-29(19-26)43-36(42-28)32-8-6-16-49(32)38(53)46-34(22(2)51)47-40(55)57-4/h9-14,17-22,31-34,50-51H,5-8,15-16H2,1-4H3,(H,41,44)(H,42,43)(H,45,54)(H,46,53)(H,47,55)/t21-,22-,31+,32+,33+,34+/m1/s1. The van der Waals surface area contributed by atoms with Gasteiger partial charge in [0.25, 0.3) is 0 Å². The summed E-state index contributed by atoms with van der Waals surface area (Å²) in [5.74, 6) is 0.890. The highest BCUT2D eigenvalue weighted by molar-refractivity contribution is 5.92. The van der Waals surface area contributed by atoms with Gasteiger partial charge in [0.15, 0.2) is 0 Å². The van der Waals surface area contributed by atoms with E-state index in [0.29, 0.717) is 37.6 Å². The number of amides is 5. The number of methoxy groups -OCH3 is 2. The zero-order valence-electron chi connectivity index (χ0n) is 32.1. The van der Waals surface area contributed by atoms with Crippen molar-refractivity contribution in [1.29, 1.82) is 0 Å². The molecule has 2 fully saturated rings. The number of urea groups is 1. The van der Waals surface area contributed by atoms with Crippen LogP contribution < -0.4 is 16.0 Å². The smallest absolute Gasteiger partial charge is 0.408 e. The van der Waals surface area contributed by atoms with E-state index < -0.39 is 48.5 Å². The van der Waals surface area contributed by atoms with Gasteiger partial charge >= 0.3 is 18.2 Å². The lowest BCUT2D eigenvalue weighted by atomic mass is 9.99. The predicted molar refractivity (Wildman–Crippen MR) is 210 cm³/mol. The molecule has 4 heterocycles. The van der Waals surface area contributed by atoms with Crippen molar-refractivity contribution >= 4 is 45.9 Å². The van der Waals surface area contributed by atoms with E-state index in [1.165, 1.54) is 28.1 Å². The van der Waals surface area contributed by atoms with Crippen LogP contribution in [0.5, 0.6) is 0 Å². The number of aliphatic hydroxyl groups excluding tert-OH is 2. The van der Waals surface area contributed by atoms with Crippen molar-refractivity contribution in [2.24, 2.45) is 0 Å². The van der Waals surface area contributed by atoms with Crippen LogP contribution in [0, 0.1) is 0 Å². The lowest BCUT2D eigenvalue weighted by Crippen LogP contribution is -2.56. The third kappa shape index (κ3) is 8.20. The minimum Gasteiger partial charge on any atom is -0.453 e. The monoisotopic (exact) mass is 781 g/mol. The van der Waals surface area contributed by atoms with Gasteiger partial charge in [0.2, 0.25) is 5.91 Å². The van der Waals surface area contributed by atoms with Crippen molar-refractivity contribution < 1.29 is 38.9 Å². The summed E-state index contributed by atoms with van der Waals surface area (Å²) in [7, 11) is 2.41. The first-order chi connectivity index (χ1) is 27.4. The molecule has 17 nitrogen and oxygen atoms in total. The number of aromatic nitrogens is 4. The van der Waals surface area contributed by atoms with Gasteiger partial charge < -0.3 is 50.1 Å². The molecule has 0 radical (unpaired) electrons. The van der Waals surface area contributed by atoms with Crippen molar-refractivity contribution in [1.82, 2.24) is 45.7 Å². The molecule has 5 aromatic rings. The third-order valence-electron chi connectivity index (χ3n) is 10.7. The van der Waals surface area contributed by atoms with Gasteiger partial charge in [-0.05, 0) is 85.7 Å². The van der Waals surface area contributed by atoms with E-state index in [2.05, 4.69) is 70.7 Å². The average molecular weight is 782 g/mol. The Bertz CT molecular complexity index is 2290. The highest BCUT2D eigenvalue weighted by Crippen LogP contribution is 2.35. The molecule has 2 aliphatic rings. The largest absolute Gasteiger partial charge is 0.453 e. The van der Waals surface area contributed by atoms with E-state index >= 15 is 0 Å². The van der Waals surface area contributed by atoms with E-state index in [1.54, 1.807) is 16.0 Å². The maximum absolute atomic E-state index is 13.4. The molecule has 5 amide bonds. The van der Waals surface area contributed by atoms with Crippen LogP contribution in [0.4, 0.5) is 14.4 Å². The first-order valence-corrected chi connectivity index (χ1v) is 19.0. The molecule has 7 N–H and O–H groups in total. The molecule has 2 aromatic heterocycles. The molecule has 7 rings (SSSR count). The number of H-pyrrole nitrogens is 2. The topological polar surface area (TPSA) is 227 Å². The molecule has 0 saturated carbocycles. The zero-order chi connectivity index (χ0) is 40.4. The number of rotatable bonds is 10. The van der Waals surface area contributed by atoms with Gasteiger partial charge in [0, 0.05) is 18.7 Å². The fourth-order valence-electron chi connectivity index (χ4n) is 7.65. The van der Waals surface area contributed by atoms with E-state index in [4.69, 9.17) is 4.98 Å². The summed E-state index contributed by atoms with van der Waals surface area (Å²) in [5.41, 5.74) is 5.34. The molecular weight excluding hydrogens is 734 g/mol. The average Bonchev–Trinajstić information content (AvgIpc) is 4.04. The second kappa shape index (κ2) is 16.5. The van der Waals surface area contributed by atoms with E-state index in [1.807, 2.05) is 24.3 Å². The molecule has 300 valence electrons. The number of benzene rings is 3. The highest BCUT2D eigenvalue weighted by atomic mass is 16.5. The summed E-state index contributed by atoms with van der Waals surface area (Å²) in [5, 5.41) is 30.0. The second-order valence-electron chi connectivity index (χ2n) is 14.5. The number of imidazole rings is 2. The number of carbonyl (C=O) groups is 4. The van der Waals surface area contributed by atoms with Crippen LogP contribution in [0.3, 0.4) is 0 Å². The zero-order valence-corrected chi connectivity index (χ0v) is 32.1. The molecule has 57 heavy (non-hydrogen) atoms. The number of aromatic amines is 2. The number of aliphatic hydroxyl groups is 2. The van der Waals surface area contributed by atoms with Gasteiger partial charge in [0.05, 0.1) is 61.4 Å². The number of nitrogens with one attached hydrogen (secondary N) is 5. The Morgan fingerprint density at radius 3 is 2.05 bits per heavy atom. The van der Waals surface area contributed by atoms with Crippen molar-refractivity contribution in [3.8, 4) is 22.4 Å². The fraction of sp³-hybridized carbons (Fsp3) is 0.400. The minimum absolute atomic E-state index is 0.313. The Labute approximate surface area is 328 Å². The first-order valence-electron chi connectivity index (χ1n) is 19.0. The Hall–Kier alpha value is -6.20. The van der Waals surface area contributed by atoms with Crippen molar-refractivity contribution in [3.63, 3.8) is 0 Å². The Morgan fingerprint density at radius 2 is 1.37 bits per heavy atom. The number of fused-ring (bicyclic) bond motifs is 2. The van der Waals surface area contributed by atoms with Crippen LogP contribution in [0.2, 0.25) is 0 Å². The lowest BCUT2D eigenvalue weighted by molar-refractivity contribution is -0.137. The van der Waals surface area contributed by atoms with E-state index in [9.17, 15) is 29.4 Å². The summed E-state index contributed by atoms with van der Waals surface area (Å²) >= 11 is 0. The van der Waals surface area contributed by atoms with E-state index in [-0.39, 0.29) is 12.1 Å². The Morgan fingerprint density at radius 1 is 0.754 bits per heavy atom. The summed E-state index contributed by atoms with van der Waals surface area (Å²) in [4.78, 5) is 69.9. The van der Waals surface area contributed by atoms with Crippen LogP contribution >= 0.6 is 0 Å². The predicted octanol–water partition coefficient (Wildman–Crippen LogP) is 4.45. The van der Waals surface area contributed by atoms with Gasteiger partial charge in [-0.25, -0.2) is 24.4 Å². The van der Waals surface area contributed by atoms with Crippen molar-refractivity contribution in [3.05, 3.63) is 72.4 Å². The number of alkyl carbamates (subject to hydrolysis) is 2. The van der Waals surface area contributed by atoms with Crippen LogP contribution in [0.25, 0.3) is 44.2 Å². The Balaban J connectivity index is 1.05. The van der Waals surface area contributed by atoms with Crippen molar-refractivity contribution in [2.75, 3.05) is 27.3 Å². The number of likely N-dealkylation sites (tertiary alicyclic amines) is 2. The molecule has 0 unspecified atom stereocenters. The summed E-state index contributed by atoms with van der Waals surface area (Å²) in [6.07, 6.45) is -0.0751. The minimum atomic E-state index is -1.14. The molecule has 0 bridgehead atoms. The van der Waals surface area contributed by atoms with Gasteiger partial charge in [-0.3, -0.25) is 10.1 Å². The maximum Gasteiger partial charge on any atom is 0.408 e. The number of hydrogen-bond acceptors (Lipinski definition) is 10. The van der Waals surface area contributed by atoms with Gasteiger partial charge in [-0.1, -0.05) is 30.3 Å². The fourth-order valence-corrected chi connectivity index (χ4v) is 7.65. The molecule has 2 saturated heterocycles. The van der Waals surface area contributed by atoms with Crippen LogP contribution in [-0.2, 0) is 14.3 Å². The Kier molecular flexibility index (Phi) is 11.3. The van der Waals surface area contributed by atoms with Crippen LogP contribution in [0.15, 0.2) is 60.8 Å². The lowest BCUT2D eigenvalue weighted by Gasteiger charge is -2.29. The number of nitrogens with zero attached hydrogens (tertiary/aromatic N) is 4. The molecule has 17 heteroatoms. The number of carbonyl (C=O) groups excluding carboxylic acids is 4. The maximum atomic E-state index is 13.4. The molecule has 0 spiro atoms. The normalized spacial score (nSPS) is 18.9. The molecule has 3 aromatic carbocycles. The molecule has 6 atom stereocenters. The summed E-state index contributed by atoms with van der Waals surface area (Å²) < 4.78 is 9.27. The van der Waals surface area contributed by atoms with Gasteiger partial charge in [-0.15, -0.1) is 0 Å².